The van der Waals surface area contributed by atoms with Gasteiger partial charge in [-0.25, -0.2) is 5.43 Å². The van der Waals surface area contributed by atoms with E-state index in [4.69, 9.17) is 16.0 Å². The number of nitrogens with one attached hydrogen (secondary N) is 1. The van der Waals surface area contributed by atoms with Gasteiger partial charge in [-0.05, 0) is 36.8 Å². The van der Waals surface area contributed by atoms with Crippen LogP contribution in [0.4, 0.5) is 0 Å². The lowest BCUT2D eigenvalue weighted by atomic mass is 10.2. The van der Waals surface area contributed by atoms with Gasteiger partial charge in [0.25, 0.3) is 5.91 Å². The SMILES string of the molecule is C/C(=N/NC(=O)CSc1nnc(SCc2ccc(Cl)cc2)s1)c1ccco1. The smallest absolute Gasteiger partial charge is 0.250 e. The number of halogens is 1. The van der Waals surface area contributed by atoms with Crippen molar-refractivity contribution in [3.05, 3.63) is 59.0 Å². The fourth-order valence-electron chi connectivity index (χ4n) is 1.88. The minimum absolute atomic E-state index is 0.212. The van der Waals surface area contributed by atoms with Gasteiger partial charge in [0, 0.05) is 10.8 Å². The zero-order chi connectivity index (χ0) is 19.1. The van der Waals surface area contributed by atoms with Gasteiger partial charge < -0.3 is 4.42 Å². The highest BCUT2D eigenvalue weighted by molar-refractivity contribution is 8.03. The lowest BCUT2D eigenvalue weighted by molar-refractivity contribution is -0.118. The lowest BCUT2D eigenvalue weighted by Gasteiger charge is -1.99. The van der Waals surface area contributed by atoms with Crippen LogP contribution >= 0.6 is 46.5 Å². The quantitative estimate of drug-likeness (QED) is 0.311. The summed E-state index contributed by atoms with van der Waals surface area (Å²) < 4.78 is 6.81. The third-order valence-corrected chi connectivity index (χ3v) is 6.73. The molecule has 0 spiro atoms. The molecule has 2 aromatic heterocycles. The molecule has 1 amide bonds. The first-order valence-electron chi connectivity index (χ1n) is 7.81. The number of carbonyl (C=O) groups excluding carboxylic acids is 1. The van der Waals surface area contributed by atoms with Gasteiger partial charge in [-0.3, -0.25) is 4.79 Å². The van der Waals surface area contributed by atoms with Crippen molar-refractivity contribution in [1.29, 1.82) is 0 Å². The summed E-state index contributed by atoms with van der Waals surface area (Å²) in [7, 11) is 0. The Balaban J connectivity index is 1.43. The summed E-state index contributed by atoms with van der Waals surface area (Å²) in [6.07, 6.45) is 1.56. The molecule has 0 bridgehead atoms. The summed E-state index contributed by atoms with van der Waals surface area (Å²) in [4.78, 5) is 11.9. The van der Waals surface area contributed by atoms with Crippen LogP contribution in [0.15, 0.2) is 60.9 Å². The van der Waals surface area contributed by atoms with Crippen LogP contribution in [0.25, 0.3) is 0 Å². The molecule has 6 nitrogen and oxygen atoms in total. The van der Waals surface area contributed by atoms with E-state index < -0.39 is 0 Å². The fourth-order valence-corrected chi connectivity index (χ4v) is 4.78. The van der Waals surface area contributed by atoms with Gasteiger partial charge in [-0.2, -0.15) is 5.10 Å². The van der Waals surface area contributed by atoms with Crippen molar-refractivity contribution in [2.45, 2.75) is 21.4 Å². The Kier molecular flexibility index (Phi) is 7.33. The molecule has 10 heteroatoms. The van der Waals surface area contributed by atoms with E-state index in [9.17, 15) is 4.79 Å². The predicted molar refractivity (Wildman–Crippen MR) is 111 cm³/mol. The number of thioether (sulfide) groups is 2. The van der Waals surface area contributed by atoms with E-state index in [2.05, 4.69) is 20.7 Å². The molecule has 2 heterocycles. The number of furan rings is 1. The first kappa shape index (κ1) is 19.9. The summed E-state index contributed by atoms with van der Waals surface area (Å²) in [5.41, 5.74) is 4.28. The van der Waals surface area contributed by atoms with E-state index >= 15 is 0 Å². The number of rotatable bonds is 8. The van der Waals surface area contributed by atoms with Crippen molar-refractivity contribution in [1.82, 2.24) is 15.6 Å². The van der Waals surface area contributed by atoms with Gasteiger partial charge in [0.15, 0.2) is 8.68 Å². The standard InChI is InChI=1S/C17H15ClN4O2S3/c1-11(14-3-2-8-24-14)19-20-15(23)10-26-17-22-21-16(27-17)25-9-12-4-6-13(18)7-5-12/h2-8H,9-10H2,1H3,(H,20,23)/b19-11-. The Labute approximate surface area is 173 Å². The van der Waals surface area contributed by atoms with Crippen LogP contribution in [0.1, 0.15) is 18.2 Å². The van der Waals surface area contributed by atoms with Crippen LogP contribution in [0, 0.1) is 0 Å². The average molecular weight is 439 g/mol. The second kappa shape index (κ2) is 9.93. The maximum absolute atomic E-state index is 11.9. The minimum Gasteiger partial charge on any atom is -0.463 e. The topological polar surface area (TPSA) is 80.4 Å². The molecule has 3 aromatic rings. The highest BCUT2D eigenvalue weighted by Gasteiger charge is 2.09. The minimum atomic E-state index is -0.212. The number of carbonyl (C=O) groups is 1. The van der Waals surface area contributed by atoms with Crippen LogP contribution in [-0.4, -0.2) is 27.6 Å². The van der Waals surface area contributed by atoms with E-state index in [0.29, 0.717) is 11.5 Å². The van der Waals surface area contributed by atoms with Gasteiger partial charge in [-0.1, -0.05) is 58.6 Å². The normalized spacial score (nSPS) is 11.6. The van der Waals surface area contributed by atoms with Crippen LogP contribution < -0.4 is 5.43 Å². The highest BCUT2D eigenvalue weighted by Crippen LogP contribution is 2.30. The van der Waals surface area contributed by atoms with Crippen molar-refractivity contribution in [3.63, 3.8) is 0 Å². The van der Waals surface area contributed by atoms with E-state index in [-0.39, 0.29) is 11.7 Å². The molecule has 27 heavy (non-hydrogen) atoms. The second-order valence-electron chi connectivity index (χ2n) is 5.25. The Bertz CT molecular complexity index is 911. The molecular formula is C17H15ClN4O2S3. The van der Waals surface area contributed by atoms with E-state index in [1.807, 2.05) is 24.3 Å². The molecule has 1 aromatic carbocycles. The summed E-state index contributed by atoms with van der Waals surface area (Å²) >= 11 is 10.3. The average Bonchev–Trinajstić information content (AvgIpc) is 3.36. The maximum Gasteiger partial charge on any atom is 0.250 e. The number of benzene rings is 1. The predicted octanol–water partition coefficient (Wildman–Crippen LogP) is 4.71. The van der Waals surface area contributed by atoms with Crippen LogP contribution in [0.5, 0.6) is 0 Å². The molecule has 0 aliphatic rings. The summed E-state index contributed by atoms with van der Waals surface area (Å²) in [5.74, 6) is 1.41. The van der Waals surface area contributed by atoms with Crippen molar-refractivity contribution >= 4 is 58.1 Å². The molecule has 0 unspecified atom stereocenters. The maximum atomic E-state index is 11.9. The summed E-state index contributed by atoms with van der Waals surface area (Å²) in [5, 5.41) is 13.0. The summed E-state index contributed by atoms with van der Waals surface area (Å²) in [6, 6.07) is 11.3. The van der Waals surface area contributed by atoms with E-state index in [0.717, 1.165) is 25.0 Å². The number of aromatic nitrogens is 2. The highest BCUT2D eigenvalue weighted by atomic mass is 35.5. The first-order valence-corrected chi connectivity index (χ1v) is 11.0. The van der Waals surface area contributed by atoms with Crippen molar-refractivity contribution in [2.75, 3.05) is 5.75 Å². The molecule has 0 saturated carbocycles. The van der Waals surface area contributed by atoms with E-state index in [1.54, 1.807) is 37.1 Å². The van der Waals surface area contributed by atoms with Gasteiger partial charge in [0.2, 0.25) is 0 Å². The molecule has 140 valence electrons. The molecular weight excluding hydrogens is 424 g/mol. The van der Waals surface area contributed by atoms with E-state index in [1.165, 1.54) is 23.1 Å². The molecule has 0 aliphatic heterocycles. The van der Waals surface area contributed by atoms with Gasteiger partial charge in [-0.15, -0.1) is 10.2 Å². The van der Waals surface area contributed by atoms with Gasteiger partial charge in [0.05, 0.1) is 12.0 Å². The number of amides is 1. The van der Waals surface area contributed by atoms with Crippen LogP contribution in [-0.2, 0) is 10.5 Å². The third kappa shape index (κ3) is 6.39. The molecule has 0 fully saturated rings. The second-order valence-corrected chi connectivity index (χ2v) is 9.11. The molecule has 0 atom stereocenters. The molecule has 0 saturated heterocycles. The van der Waals surface area contributed by atoms with Gasteiger partial charge >= 0.3 is 0 Å². The number of hydrazone groups is 1. The Morgan fingerprint density at radius 3 is 2.67 bits per heavy atom. The van der Waals surface area contributed by atoms with Crippen LogP contribution in [0.2, 0.25) is 5.02 Å². The summed E-state index contributed by atoms with van der Waals surface area (Å²) in [6.45, 7) is 1.77. The molecule has 3 rings (SSSR count). The first-order chi connectivity index (χ1) is 13.1. The monoisotopic (exact) mass is 438 g/mol. The molecule has 0 radical (unpaired) electrons. The number of hydrogen-bond donors (Lipinski definition) is 1. The Morgan fingerprint density at radius 1 is 1.22 bits per heavy atom. The van der Waals surface area contributed by atoms with Crippen molar-refractivity contribution in [3.8, 4) is 0 Å². The van der Waals surface area contributed by atoms with Crippen molar-refractivity contribution in [2.24, 2.45) is 5.10 Å². The fraction of sp³-hybridized carbons (Fsp3) is 0.176. The molecule has 1 N–H and O–H groups in total. The third-order valence-electron chi connectivity index (χ3n) is 3.22. The largest absolute Gasteiger partial charge is 0.463 e. The number of nitrogens with zero attached hydrogens (tertiary/aromatic N) is 3. The van der Waals surface area contributed by atoms with Crippen molar-refractivity contribution < 1.29 is 9.21 Å². The van der Waals surface area contributed by atoms with Gasteiger partial charge in [0.1, 0.15) is 11.5 Å². The zero-order valence-corrected chi connectivity index (χ0v) is 17.4. The lowest BCUT2D eigenvalue weighted by Crippen LogP contribution is -2.21. The zero-order valence-electron chi connectivity index (χ0n) is 14.2. The van der Waals surface area contributed by atoms with Crippen LogP contribution in [0.3, 0.4) is 0 Å². The Hall–Kier alpha value is -1.81. The number of hydrogen-bond acceptors (Lipinski definition) is 8. The molecule has 0 aliphatic carbocycles. The Morgan fingerprint density at radius 2 is 1.96 bits per heavy atom.